The fraction of sp³-hybridized carbons (Fsp3) is 0.625. The van der Waals surface area contributed by atoms with Crippen LogP contribution in [0.15, 0.2) is 0 Å². The minimum atomic E-state index is -1.01. The van der Waals surface area contributed by atoms with Gasteiger partial charge in [-0.3, -0.25) is 4.79 Å². The van der Waals surface area contributed by atoms with Crippen LogP contribution >= 0.6 is 0 Å². The zero-order valence-corrected chi connectivity index (χ0v) is 13.4. The molecule has 0 radical (unpaired) electrons. The number of aromatic carboxylic acids is 1. The second-order valence-electron chi connectivity index (χ2n) is 5.82. The van der Waals surface area contributed by atoms with Crippen molar-refractivity contribution in [2.75, 3.05) is 19.7 Å². The number of nitrogens with one attached hydrogen (secondary N) is 1. The van der Waals surface area contributed by atoms with Crippen LogP contribution in [0.4, 0.5) is 0 Å². The maximum Gasteiger partial charge on any atom is 0.337 e. The third-order valence-electron chi connectivity index (χ3n) is 4.09. The van der Waals surface area contributed by atoms with Crippen molar-refractivity contribution in [1.29, 1.82) is 0 Å². The maximum atomic E-state index is 12.7. The fourth-order valence-corrected chi connectivity index (χ4v) is 2.99. The first-order valence-corrected chi connectivity index (χ1v) is 7.79. The molecular weight excluding hydrogens is 284 g/mol. The Balaban J connectivity index is 2.14. The van der Waals surface area contributed by atoms with Crippen molar-refractivity contribution in [3.63, 3.8) is 0 Å². The van der Waals surface area contributed by atoms with E-state index in [4.69, 9.17) is 4.74 Å². The van der Waals surface area contributed by atoms with Crippen molar-refractivity contribution >= 4 is 11.9 Å². The standard InChI is InChI=1S/C16H24N2O4/c1-4-8-22-12-6-5-7-18(9-12)15(19)14-10(2)13(16(20)21)11(3)17-14/h12,17H,4-9H2,1-3H3,(H,20,21)/t12-/m1/s1. The average molecular weight is 308 g/mol. The summed E-state index contributed by atoms with van der Waals surface area (Å²) in [6.45, 7) is 7.37. The molecule has 1 atom stereocenters. The van der Waals surface area contributed by atoms with E-state index in [-0.39, 0.29) is 17.6 Å². The molecule has 22 heavy (non-hydrogen) atoms. The molecule has 1 aromatic heterocycles. The monoisotopic (exact) mass is 308 g/mol. The largest absolute Gasteiger partial charge is 0.478 e. The highest BCUT2D eigenvalue weighted by molar-refractivity contribution is 6.00. The van der Waals surface area contributed by atoms with Crippen LogP contribution in [-0.4, -0.2) is 52.7 Å². The molecule has 1 aliphatic heterocycles. The van der Waals surface area contributed by atoms with E-state index < -0.39 is 5.97 Å². The number of aromatic nitrogens is 1. The van der Waals surface area contributed by atoms with Gasteiger partial charge in [-0.25, -0.2) is 4.79 Å². The van der Waals surface area contributed by atoms with Gasteiger partial charge in [0.2, 0.25) is 0 Å². The van der Waals surface area contributed by atoms with Gasteiger partial charge in [-0.05, 0) is 38.7 Å². The molecule has 1 amide bonds. The van der Waals surface area contributed by atoms with E-state index in [1.165, 1.54) is 0 Å². The number of nitrogens with zero attached hydrogens (tertiary/aromatic N) is 1. The number of aryl methyl sites for hydroxylation is 1. The van der Waals surface area contributed by atoms with Crippen molar-refractivity contribution < 1.29 is 19.4 Å². The van der Waals surface area contributed by atoms with Crippen LogP contribution < -0.4 is 0 Å². The van der Waals surface area contributed by atoms with E-state index in [2.05, 4.69) is 11.9 Å². The maximum absolute atomic E-state index is 12.7. The van der Waals surface area contributed by atoms with Gasteiger partial charge in [-0.1, -0.05) is 6.92 Å². The average Bonchev–Trinajstić information content (AvgIpc) is 2.79. The number of ether oxygens (including phenoxy) is 1. The lowest BCUT2D eigenvalue weighted by Crippen LogP contribution is -2.43. The van der Waals surface area contributed by atoms with Gasteiger partial charge in [0.05, 0.1) is 11.7 Å². The molecule has 6 nitrogen and oxygen atoms in total. The molecule has 0 spiro atoms. The predicted octanol–water partition coefficient (Wildman–Crippen LogP) is 2.36. The number of hydrogen-bond donors (Lipinski definition) is 2. The number of H-pyrrole nitrogens is 1. The number of piperidine rings is 1. The molecule has 0 aliphatic carbocycles. The van der Waals surface area contributed by atoms with Gasteiger partial charge in [0.1, 0.15) is 5.69 Å². The molecule has 0 saturated carbocycles. The number of likely N-dealkylation sites (tertiary alicyclic amines) is 1. The van der Waals surface area contributed by atoms with E-state index in [0.29, 0.717) is 36.6 Å². The van der Waals surface area contributed by atoms with E-state index in [1.807, 2.05) is 0 Å². The predicted molar refractivity (Wildman–Crippen MR) is 82.4 cm³/mol. The highest BCUT2D eigenvalue weighted by Crippen LogP contribution is 2.22. The minimum Gasteiger partial charge on any atom is -0.478 e. The Hall–Kier alpha value is -1.82. The van der Waals surface area contributed by atoms with Crippen LogP contribution in [-0.2, 0) is 4.74 Å². The highest BCUT2D eigenvalue weighted by Gasteiger charge is 2.28. The quantitative estimate of drug-likeness (QED) is 0.875. The van der Waals surface area contributed by atoms with Crippen LogP contribution in [0.5, 0.6) is 0 Å². The molecule has 1 saturated heterocycles. The zero-order chi connectivity index (χ0) is 16.3. The minimum absolute atomic E-state index is 0.0768. The second-order valence-corrected chi connectivity index (χ2v) is 5.82. The molecule has 1 aromatic rings. The van der Waals surface area contributed by atoms with Crippen molar-refractivity contribution in [1.82, 2.24) is 9.88 Å². The van der Waals surface area contributed by atoms with Gasteiger partial charge < -0.3 is 19.7 Å². The van der Waals surface area contributed by atoms with Crippen molar-refractivity contribution in [3.05, 3.63) is 22.5 Å². The summed E-state index contributed by atoms with van der Waals surface area (Å²) in [5.74, 6) is -1.15. The molecule has 0 unspecified atom stereocenters. The Morgan fingerprint density at radius 1 is 1.41 bits per heavy atom. The molecule has 2 heterocycles. The summed E-state index contributed by atoms with van der Waals surface area (Å²) >= 11 is 0. The van der Waals surface area contributed by atoms with Gasteiger partial charge in [0.15, 0.2) is 0 Å². The Morgan fingerprint density at radius 2 is 2.14 bits per heavy atom. The van der Waals surface area contributed by atoms with E-state index in [9.17, 15) is 14.7 Å². The lowest BCUT2D eigenvalue weighted by molar-refractivity contribution is 0.00191. The van der Waals surface area contributed by atoms with Crippen LogP contribution in [0.25, 0.3) is 0 Å². The summed E-state index contributed by atoms with van der Waals surface area (Å²) in [4.78, 5) is 28.6. The van der Waals surface area contributed by atoms with Crippen LogP contribution in [0, 0.1) is 13.8 Å². The lowest BCUT2D eigenvalue weighted by Gasteiger charge is -2.32. The van der Waals surface area contributed by atoms with Gasteiger partial charge >= 0.3 is 5.97 Å². The number of rotatable bonds is 5. The molecule has 1 fully saturated rings. The van der Waals surface area contributed by atoms with Gasteiger partial charge in [0, 0.05) is 25.4 Å². The summed E-state index contributed by atoms with van der Waals surface area (Å²) in [5.41, 5.74) is 1.60. The normalized spacial score (nSPS) is 18.5. The summed E-state index contributed by atoms with van der Waals surface area (Å²) in [6.07, 6.45) is 2.91. The Bertz CT molecular complexity index is 565. The van der Waals surface area contributed by atoms with Gasteiger partial charge in [0.25, 0.3) is 5.91 Å². The van der Waals surface area contributed by atoms with Crippen molar-refractivity contribution in [2.45, 2.75) is 46.1 Å². The third-order valence-corrected chi connectivity index (χ3v) is 4.09. The summed E-state index contributed by atoms with van der Waals surface area (Å²) in [7, 11) is 0. The molecule has 122 valence electrons. The Kier molecular flexibility index (Phi) is 5.24. The molecule has 0 bridgehead atoms. The smallest absolute Gasteiger partial charge is 0.337 e. The molecule has 6 heteroatoms. The second kappa shape index (κ2) is 6.96. The number of hydrogen-bond acceptors (Lipinski definition) is 3. The summed E-state index contributed by atoms with van der Waals surface area (Å²) in [6, 6.07) is 0. The van der Waals surface area contributed by atoms with Gasteiger partial charge in [-0.15, -0.1) is 0 Å². The van der Waals surface area contributed by atoms with Crippen LogP contribution in [0.3, 0.4) is 0 Å². The summed E-state index contributed by atoms with van der Waals surface area (Å²) < 4.78 is 5.75. The topological polar surface area (TPSA) is 82.6 Å². The summed E-state index contributed by atoms with van der Waals surface area (Å²) in [5, 5.41) is 9.23. The van der Waals surface area contributed by atoms with Crippen molar-refractivity contribution in [3.8, 4) is 0 Å². The van der Waals surface area contributed by atoms with Crippen molar-refractivity contribution in [2.24, 2.45) is 0 Å². The van der Waals surface area contributed by atoms with E-state index in [1.54, 1.807) is 18.7 Å². The lowest BCUT2D eigenvalue weighted by atomic mass is 10.1. The fourth-order valence-electron chi connectivity index (χ4n) is 2.99. The number of aromatic amines is 1. The third kappa shape index (κ3) is 3.32. The molecule has 2 N–H and O–H groups in total. The number of amides is 1. The van der Waals surface area contributed by atoms with E-state index >= 15 is 0 Å². The zero-order valence-electron chi connectivity index (χ0n) is 13.4. The first kappa shape index (κ1) is 16.5. The molecule has 0 aromatic carbocycles. The number of carbonyl (C=O) groups is 2. The number of carbonyl (C=O) groups excluding carboxylic acids is 1. The highest BCUT2D eigenvalue weighted by atomic mass is 16.5. The molecule has 1 aliphatic rings. The Morgan fingerprint density at radius 3 is 2.73 bits per heavy atom. The number of carboxylic acid groups (broad SMARTS) is 1. The Labute approximate surface area is 130 Å². The number of carboxylic acids is 1. The molecule has 2 rings (SSSR count). The van der Waals surface area contributed by atoms with Crippen LogP contribution in [0.1, 0.15) is 58.3 Å². The van der Waals surface area contributed by atoms with Crippen LogP contribution in [0.2, 0.25) is 0 Å². The molecular formula is C16H24N2O4. The first-order valence-electron chi connectivity index (χ1n) is 7.79. The SMILES string of the molecule is CCCO[C@@H]1CCCN(C(=O)c2[nH]c(C)c(C(=O)O)c2C)C1. The van der Waals surface area contributed by atoms with Gasteiger partial charge in [-0.2, -0.15) is 0 Å². The first-order chi connectivity index (χ1) is 10.5. The van der Waals surface area contributed by atoms with E-state index in [0.717, 1.165) is 19.3 Å².